The molecule has 0 saturated carbocycles. The van der Waals surface area contributed by atoms with E-state index in [1.807, 2.05) is 60.4 Å². The molecular formula is C21H21N3O2. The van der Waals surface area contributed by atoms with Gasteiger partial charge >= 0.3 is 0 Å². The number of fused-ring (bicyclic) bond motifs is 2. The number of H-pyrrole nitrogens is 1. The third-order valence-corrected chi connectivity index (χ3v) is 4.94. The number of nitrogens with zero attached hydrogens (tertiary/aromatic N) is 1. The number of aryl methyl sites for hydroxylation is 1. The Bertz CT molecular complexity index is 1040. The molecule has 0 saturated heterocycles. The van der Waals surface area contributed by atoms with E-state index in [-0.39, 0.29) is 17.9 Å². The van der Waals surface area contributed by atoms with Crippen LogP contribution in [0.25, 0.3) is 10.9 Å². The highest BCUT2D eigenvalue weighted by Gasteiger charge is 2.22. The van der Waals surface area contributed by atoms with Gasteiger partial charge in [-0.3, -0.25) is 14.5 Å². The maximum atomic E-state index is 12.8. The molecule has 2 aromatic carbocycles. The summed E-state index contributed by atoms with van der Waals surface area (Å²) in [6.45, 7) is 3.50. The summed E-state index contributed by atoms with van der Waals surface area (Å²) in [4.78, 5) is 30.6. The van der Waals surface area contributed by atoms with E-state index in [2.05, 4.69) is 10.3 Å². The van der Waals surface area contributed by atoms with Crippen molar-refractivity contribution in [2.75, 3.05) is 18.4 Å². The van der Waals surface area contributed by atoms with Crippen LogP contribution in [0.1, 0.15) is 16.8 Å². The average molecular weight is 347 g/mol. The van der Waals surface area contributed by atoms with E-state index in [1.54, 1.807) is 0 Å². The Hall–Kier alpha value is -2.92. The summed E-state index contributed by atoms with van der Waals surface area (Å²) in [5.74, 6) is -0.0556. The Balaban J connectivity index is 1.52. The topological polar surface area (TPSA) is 65.2 Å². The number of hydrogen-bond acceptors (Lipinski definition) is 3. The number of carbonyl (C=O) groups is 1. The molecule has 1 aliphatic heterocycles. The summed E-state index contributed by atoms with van der Waals surface area (Å²) in [5.41, 5.74) is 4.58. The normalized spacial score (nSPS) is 14.2. The van der Waals surface area contributed by atoms with Crippen molar-refractivity contribution >= 4 is 22.5 Å². The predicted molar refractivity (Wildman–Crippen MR) is 103 cm³/mol. The zero-order chi connectivity index (χ0) is 18.1. The number of rotatable bonds is 3. The minimum absolute atomic E-state index is 0.0556. The molecule has 4 rings (SSSR count). The summed E-state index contributed by atoms with van der Waals surface area (Å²) in [7, 11) is 0. The largest absolute Gasteiger partial charge is 0.358 e. The van der Waals surface area contributed by atoms with Gasteiger partial charge in [0.2, 0.25) is 5.91 Å². The first-order chi connectivity index (χ1) is 12.6. The molecule has 1 aliphatic rings. The van der Waals surface area contributed by atoms with E-state index in [0.717, 1.165) is 41.0 Å². The number of para-hydroxylation sites is 2. The lowest BCUT2D eigenvalue weighted by molar-refractivity contribution is -0.117. The second-order valence-corrected chi connectivity index (χ2v) is 6.78. The zero-order valence-corrected chi connectivity index (χ0v) is 14.7. The maximum absolute atomic E-state index is 12.8. The number of nitrogens with one attached hydrogen (secondary N) is 2. The monoisotopic (exact) mass is 347 g/mol. The number of carbonyl (C=O) groups excluding carboxylic acids is 1. The number of hydrogen-bond donors (Lipinski definition) is 2. The van der Waals surface area contributed by atoms with Gasteiger partial charge in [-0.2, -0.15) is 0 Å². The van der Waals surface area contributed by atoms with Crippen LogP contribution in [0.3, 0.4) is 0 Å². The van der Waals surface area contributed by atoms with Crippen LogP contribution < -0.4 is 10.7 Å². The van der Waals surface area contributed by atoms with E-state index in [1.165, 1.54) is 0 Å². The van der Waals surface area contributed by atoms with Crippen LogP contribution in [0, 0.1) is 6.92 Å². The molecular weight excluding hydrogens is 326 g/mol. The van der Waals surface area contributed by atoms with Crippen LogP contribution in [0.15, 0.2) is 53.3 Å². The van der Waals surface area contributed by atoms with Crippen LogP contribution in [0.4, 0.5) is 5.69 Å². The fraction of sp³-hybridized carbons (Fsp3) is 0.238. The molecule has 2 N–H and O–H groups in total. The lowest BCUT2D eigenvalue weighted by Crippen LogP contribution is -2.39. The molecule has 1 amide bonds. The molecule has 26 heavy (non-hydrogen) atoms. The molecule has 5 heteroatoms. The first kappa shape index (κ1) is 16.5. The van der Waals surface area contributed by atoms with Gasteiger partial charge in [0.25, 0.3) is 0 Å². The first-order valence-corrected chi connectivity index (χ1v) is 8.82. The molecule has 0 spiro atoms. The van der Waals surface area contributed by atoms with Gasteiger partial charge in [0, 0.05) is 47.4 Å². The molecule has 2 heterocycles. The second-order valence-electron chi connectivity index (χ2n) is 6.78. The van der Waals surface area contributed by atoms with Gasteiger partial charge < -0.3 is 10.3 Å². The fourth-order valence-electron chi connectivity index (χ4n) is 3.52. The van der Waals surface area contributed by atoms with Crippen LogP contribution in [0.5, 0.6) is 0 Å². The highest BCUT2D eigenvalue weighted by Crippen LogP contribution is 2.18. The average Bonchev–Trinajstić information content (AvgIpc) is 2.64. The van der Waals surface area contributed by atoms with Crippen molar-refractivity contribution in [2.24, 2.45) is 0 Å². The molecule has 0 bridgehead atoms. The Morgan fingerprint density at radius 3 is 2.77 bits per heavy atom. The van der Waals surface area contributed by atoms with Crippen molar-refractivity contribution < 1.29 is 4.79 Å². The fourth-order valence-corrected chi connectivity index (χ4v) is 3.52. The third-order valence-electron chi connectivity index (χ3n) is 4.94. The van der Waals surface area contributed by atoms with Crippen molar-refractivity contribution in [3.05, 3.63) is 75.6 Å². The second kappa shape index (κ2) is 6.77. The van der Waals surface area contributed by atoms with Crippen molar-refractivity contribution in [2.45, 2.75) is 19.9 Å². The smallest absolute Gasteiger partial charge is 0.238 e. The van der Waals surface area contributed by atoms with Gasteiger partial charge in [0.1, 0.15) is 0 Å². The van der Waals surface area contributed by atoms with E-state index in [4.69, 9.17) is 0 Å². The van der Waals surface area contributed by atoms with E-state index in [0.29, 0.717) is 11.9 Å². The SMILES string of the molecule is Cc1ccccc1NC(=O)CN1CCc2[nH]c3ccccc3c(=O)c2C1. The molecule has 132 valence electrons. The summed E-state index contributed by atoms with van der Waals surface area (Å²) in [5, 5.41) is 3.67. The summed E-state index contributed by atoms with van der Waals surface area (Å²) in [6, 6.07) is 15.3. The molecule has 3 aromatic rings. The predicted octanol–water partition coefficient (Wildman–Crippen LogP) is 2.83. The van der Waals surface area contributed by atoms with Crippen molar-refractivity contribution in [1.29, 1.82) is 0 Å². The summed E-state index contributed by atoms with van der Waals surface area (Å²) in [6.07, 6.45) is 0.743. The van der Waals surface area contributed by atoms with Gasteiger partial charge in [0.15, 0.2) is 5.43 Å². The molecule has 0 radical (unpaired) electrons. The van der Waals surface area contributed by atoms with Crippen molar-refractivity contribution in [3.63, 3.8) is 0 Å². The third kappa shape index (κ3) is 3.13. The Morgan fingerprint density at radius 2 is 1.92 bits per heavy atom. The van der Waals surface area contributed by atoms with Crippen LogP contribution >= 0.6 is 0 Å². The van der Waals surface area contributed by atoms with Gasteiger partial charge in [-0.1, -0.05) is 30.3 Å². The van der Waals surface area contributed by atoms with Crippen LogP contribution in [-0.2, 0) is 17.8 Å². The lowest BCUT2D eigenvalue weighted by atomic mass is 10.0. The van der Waals surface area contributed by atoms with Gasteiger partial charge in [-0.15, -0.1) is 0 Å². The number of aromatic amines is 1. The van der Waals surface area contributed by atoms with Crippen molar-refractivity contribution in [1.82, 2.24) is 9.88 Å². The first-order valence-electron chi connectivity index (χ1n) is 8.82. The lowest BCUT2D eigenvalue weighted by Gasteiger charge is -2.28. The molecule has 0 unspecified atom stereocenters. The van der Waals surface area contributed by atoms with E-state index in [9.17, 15) is 9.59 Å². The molecule has 1 aromatic heterocycles. The number of pyridine rings is 1. The molecule has 0 atom stereocenters. The van der Waals surface area contributed by atoms with Crippen LogP contribution in [0.2, 0.25) is 0 Å². The number of anilines is 1. The minimum atomic E-state index is -0.0556. The van der Waals surface area contributed by atoms with Crippen LogP contribution in [-0.4, -0.2) is 28.9 Å². The molecule has 0 fully saturated rings. The number of benzene rings is 2. The molecule has 5 nitrogen and oxygen atoms in total. The van der Waals surface area contributed by atoms with Gasteiger partial charge in [0.05, 0.1) is 6.54 Å². The Morgan fingerprint density at radius 1 is 1.15 bits per heavy atom. The Labute approximate surface area is 151 Å². The molecule has 0 aliphatic carbocycles. The number of amides is 1. The minimum Gasteiger partial charge on any atom is -0.358 e. The van der Waals surface area contributed by atoms with Gasteiger partial charge in [-0.25, -0.2) is 0 Å². The quantitative estimate of drug-likeness (QED) is 0.766. The highest BCUT2D eigenvalue weighted by molar-refractivity contribution is 5.93. The summed E-state index contributed by atoms with van der Waals surface area (Å²) < 4.78 is 0. The highest BCUT2D eigenvalue weighted by atomic mass is 16.2. The standard InChI is InChI=1S/C21H21N3O2/c1-14-6-2-4-8-17(14)23-20(25)13-24-11-10-19-16(12-24)21(26)15-7-3-5-9-18(15)22-19/h2-9H,10-13H2,1H3,(H,22,26)(H,23,25). The van der Waals surface area contributed by atoms with E-state index < -0.39 is 0 Å². The Kier molecular flexibility index (Phi) is 4.31. The van der Waals surface area contributed by atoms with Gasteiger partial charge in [-0.05, 0) is 30.7 Å². The van der Waals surface area contributed by atoms with Crippen molar-refractivity contribution in [3.8, 4) is 0 Å². The zero-order valence-electron chi connectivity index (χ0n) is 14.7. The summed E-state index contributed by atoms with van der Waals surface area (Å²) >= 11 is 0. The van der Waals surface area contributed by atoms with E-state index >= 15 is 0 Å². The number of aromatic nitrogens is 1. The maximum Gasteiger partial charge on any atom is 0.238 e.